The molecule has 0 N–H and O–H groups in total. The summed E-state index contributed by atoms with van der Waals surface area (Å²) >= 11 is 11.8. The molecule has 0 aliphatic rings. The van der Waals surface area contributed by atoms with Gasteiger partial charge in [-0.1, -0.05) is 23.2 Å². The smallest absolute Gasteiger partial charge is 0.214 e. The van der Waals surface area contributed by atoms with Gasteiger partial charge in [-0.3, -0.25) is 9.55 Å². The molecule has 0 saturated carbocycles. The van der Waals surface area contributed by atoms with Crippen molar-refractivity contribution in [1.29, 1.82) is 0 Å². The van der Waals surface area contributed by atoms with Gasteiger partial charge in [-0.15, -0.1) is 0 Å². The average molecular weight is 369 g/mol. The zero-order valence-electron chi connectivity index (χ0n) is 11.4. The van der Waals surface area contributed by atoms with Gasteiger partial charge in [-0.25, -0.2) is 14.4 Å². The maximum absolute atomic E-state index is 13.1. The van der Waals surface area contributed by atoms with Gasteiger partial charge in [0.25, 0.3) is 0 Å². The highest BCUT2D eigenvalue weighted by molar-refractivity contribution is 7.33. The van der Waals surface area contributed by atoms with Crippen LogP contribution in [0.5, 0.6) is 0 Å². The zero-order chi connectivity index (χ0) is 16.4. The zero-order valence-corrected chi connectivity index (χ0v) is 13.9. The Balaban J connectivity index is 2.02. The van der Waals surface area contributed by atoms with Crippen molar-refractivity contribution >= 4 is 37.1 Å². The predicted octanol–water partition coefficient (Wildman–Crippen LogP) is 3.75. The van der Waals surface area contributed by atoms with Crippen molar-refractivity contribution in [2.24, 2.45) is 0 Å². The van der Waals surface area contributed by atoms with E-state index >= 15 is 0 Å². The van der Waals surface area contributed by atoms with E-state index in [9.17, 15) is 8.96 Å². The number of hydrogen-bond acceptors (Lipinski definition) is 4. The summed E-state index contributed by atoms with van der Waals surface area (Å²) < 4.78 is 25.9. The van der Waals surface area contributed by atoms with Crippen LogP contribution in [0.2, 0.25) is 10.2 Å². The summed E-state index contributed by atoms with van der Waals surface area (Å²) in [5.74, 6) is 0.0278. The maximum Gasteiger partial charge on any atom is 0.214 e. The second-order valence-electron chi connectivity index (χ2n) is 4.59. The molecular weight excluding hydrogens is 361 g/mol. The van der Waals surface area contributed by atoms with Gasteiger partial charge in [-0.05, 0) is 18.2 Å². The molecule has 0 atom stereocenters. The molecule has 3 aromatic rings. The molecule has 3 rings (SSSR count). The Morgan fingerprint density at radius 3 is 2.70 bits per heavy atom. The summed E-state index contributed by atoms with van der Waals surface area (Å²) in [6.07, 6.45) is 4.26. The molecule has 0 radical (unpaired) electrons. The number of aromatic nitrogens is 4. The number of imidazole rings is 1. The van der Waals surface area contributed by atoms with Gasteiger partial charge in [0, 0.05) is 18.0 Å². The fraction of sp³-hybridized carbons (Fsp3) is 0.0714. The lowest BCUT2D eigenvalue weighted by atomic mass is 10.2. The van der Waals surface area contributed by atoms with Crippen LogP contribution in [0.25, 0.3) is 11.4 Å². The van der Waals surface area contributed by atoms with E-state index in [4.69, 9.17) is 23.2 Å². The third-order valence-corrected chi connectivity index (χ3v) is 4.00. The Bertz CT molecular complexity index is 870. The molecular formula is C14H8Cl2FN4OP. The molecule has 23 heavy (non-hydrogen) atoms. The Labute approximate surface area is 142 Å². The monoisotopic (exact) mass is 368 g/mol. The lowest BCUT2D eigenvalue weighted by molar-refractivity contribution is 0.602. The molecule has 0 aliphatic heterocycles. The van der Waals surface area contributed by atoms with Gasteiger partial charge >= 0.3 is 0 Å². The van der Waals surface area contributed by atoms with E-state index in [2.05, 4.69) is 15.0 Å². The Hall–Kier alpha value is -1.88. The van der Waals surface area contributed by atoms with E-state index in [0.717, 1.165) is 6.20 Å². The normalized spacial score (nSPS) is 11.1. The predicted molar refractivity (Wildman–Crippen MR) is 86.0 cm³/mol. The Kier molecular flexibility index (Phi) is 4.66. The summed E-state index contributed by atoms with van der Waals surface area (Å²) in [7, 11) is -0.210. The van der Waals surface area contributed by atoms with Crippen molar-refractivity contribution in [3.05, 3.63) is 58.5 Å². The Morgan fingerprint density at radius 2 is 2.04 bits per heavy atom. The molecule has 5 nitrogen and oxygen atoms in total. The van der Waals surface area contributed by atoms with E-state index in [1.807, 2.05) is 0 Å². The van der Waals surface area contributed by atoms with E-state index in [1.165, 1.54) is 6.07 Å². The Morgan fingerprint density at radius 1 is 1.22 bits per heavy atom. The molecule has 0 bridgehead atoms. The van der Waals surface area contributed by atoms with Crippen molar-refractivity contribution in [2.75, 3.05) is 0 Å². The first kappa shape index (κ1) is 16.0. The van der Waals surface area contributed by atoms with Crippen LogP contribution >= 0.6 is 31.7 Å². The first-order valence-electron chi connectivity index (χ1n) is 6.39. The van der Waals surface area contributed by atoms with Crippen molar-refractivity contribution in [3.8, 4) is 11.4 Å². The summed E-state index contributed by atoms with van der Waals surface area (Å²) in [6.45, 7) is 0.250. The molecule has 0 unspecified atom stereocenters. The molecule has 0 saturated heterocycles. The largest absolute Gasteiger partial charge is 0.324 e. The molecule has 0 aromatic carbocycles. The van der Waals surface area contributed by atoms with Crippen molar-refractivity contribution < 1.29 is 8.96 Å². The van der Waals surface area contributed by atoms with Crippen LogP contribution in [0.3, 0.4) is 0 Å². The SMILES string of the molecule is O=Pc1cn(Cc2ncc(F)cc2Cl)c(-c2ccc(Cl)nc2)n1. The highest BCUT2D eigenvalue weighted by Gasteiger charge is 2.13. The van der Waals surface area contributed by atoms with Crippen molar-refractivity contribution in [1.82, 2.24) is 19.5 Å². The highest BCUT2D eigenvalue weighted by Crippen LogP contribution is 2.22. The average Bonchev–Trinajstić information content (AvgIpc) is 2.94. The van der Waals surface area contributed by atoms with Crippen molar-refractivity contribution in [3.63, 3.8) is 0 Å². The summed E-state index contributed by atoms with van der Waals surface area (Å²) in [5, 5.41) is 0.567. The third kappa shape index (κ3) is 3.55. The van der Waals surface area contributed by atoms with Crippen LogP contribution in [0.1, 0.15) is 5.69 Å². The van der Waals surface area contributed by atoms with E-state index < -0.39 is 5.82 Å². The molecule has 0 aliphatic carbocycles. The van der Waals surface area contributed by atoms with Gasteiger partial charge in [0.15, 0.2) is 0 Å². The lowest BCUT2D eigenvalue weighted by Gasteiger charge is -2.08. The quantitative estimate of drug-likeness (QED) is 0.519. The van der Waals surface area contributed by atoms with Crippen LogP contribution in [0, 0.1) is 5.82 Å². The van der Waals surface area contributed by atoms with E-state index in [-0.39, 0.29) is 20.0 Å². The summed E-state index contributed by atoms with van der Waals surface area (Å²) in [5.41, 5.74) is 1.53. The first-order valence-corrected chi connectivity index (χ1v) is 7.96. The molecule has 116 valence electrons. The standard InChI is InChI=1S/C14H8Cl2FN4OP/c15-10-3-9(17)5-18-11(10)6-21-7-13(23-22)20-14(21)8-1-2-12(16)19-4-8/h1-5,7H,6H2. The summed E-state index contributed by atoms with van der Waals surface area (Å²) in [6, 6.07) is 4.57. The highest BCUT2D eigenvalue weighted by atomic mass is 35.5. The molecule has 3 aromatic heterocycles. The van der Waals surface area contributed by atoms with Crippen LogP contribution in [0.4, 0.5) is 4.39 Å². The maximum atomic E-state index is 13.1. The molecule has 9 heteroatoms. The number of hydrogen-bond donors (Lipinski definition) is 0. The van der Waals surface area contributed by atoms with Crippen LogP contribution in [-0.2, 0) is 11.1 Å². The second kappa shape index (κ2) is 6.71. The third-order valence-electron chi connectivity index (χ3n) is 3.05. The van der Waals surface area contributed by atoms with Gasteiger partial charge in [0.05, 0.1) is 23.5 Å². The molecule has 3 heterocycles. The topological polar surface area (TPSA) is 60.7 Å². The molecule has 0 fully saturated rings. The lowest BCUT2D eigenvalue weighted by Crippen LogP contribution is -2.04. The number of rotatable bonds is 4. The van der Waals surface area contributed by atoms with Gasteiger partial charge in [-0.2, -0.15) is 0 Å². The number of halogens is 3. The molecule has 0 amide bonds. The minimum atomic E-state index is -0.509. The van der Waals surface area contributed by atoms with Crippen LogP contribution < -0.4 is 5.44 Å². The minimum Gasteiger partial charge on any atom is -0.324 e. The van der Waals surface area contributed by atoms with Gasteiger partial charge in [0.2, 0.25) is 8.46 Å². The number of nitrogens with zero attached hydrogens (tertiary/aromatic N) is 4. The van der Waals surface area contributed by atoms with E-state index in [1.54, 1.807) is 29.1 Å². The fourth-order valence-corrected chi connectivity index (χ4v) is 2.67. The van der Waals surface area contributed by atoms with Crippen molar-refractivity contribution in [2.45, 2.75) is 6.54 Å². The van der Waals surface area contributed by atoms with Gasteiger partial charge in [0.1, 0.15) is 22.2 Å². The van der Waals surface area contributed by atoms with Gasteiger partial charge < -0.3 is 4.57 Å². The number of pyridine rings is 2. The first-order chi connectivity index (χ1) is 11.1. The second-order valence-corrected chi connectivity index (χ2v) is 6.03. The van der Waals surface area contributed by atoms with E-state index in [0.29, 0.717) is 27.7 Å². The van der Waals surface area contributed by atoms with Crippen LogP contribution in [0.15, 0.2) is 36.8 Å². The molecule has 0 spiro atoms. The minimum absolute atomic E-state index is 0.208. The summed E-state index contributed by atoms with van der Waals surface area (Å²) in [4.78, 5) is 12.3. The fourth-order valence-electron chi connectivity index (χ4n) is 2.03. The van der Waals surface area contributed by atoms with Crippen LogP contribution in [-0.4, -0.2) is 19.5 Å².